The van der Waals surface area contributed by atoms with Gasteiger partial charge in [0.25, 0.3) is 0 Å². The highest BCUT2D eigenvalue weighted by Crippen LogP contribution is 2.43. The third-order valence-corrected chi connectivity index (χ3v) is 5.76. The van der Waals surface area contributed by atoms with Crippen LogP contribution in [0.4, 0.5) is 0 Å². The largest absolute Gasteiger partial charge is 0.317 e. The number of halogens is 2. The van der Waals surface area contributed by atoms with Gasteiger partial charge in [0.2, 0.25) is 0 Å². The summed E-state index contributed by atoms with van der Waals surface area (Å²) >= 11 is 1.74. The van der Waals surface area contributed by atoms with Gasteiger partial charge in [-0.2, -0.15) is 5.10 Å². The van der Waals surface area contributed by atoms with E-state index < -0.39 is 0 Å². The summed E-state index contributed by atoms with van der Waals surface area (Å²) in [7, 11) is 0. The van der Waals surface area contributed by atoms with Crippen molar-refractivity contribution in [3.63, 3.8) is 0 Å². The van der Waals surface area contributed by atoms with Crippen LogP contribution >= 0.6 is 36.6 Å². The first-order chi connectivity index (χ1) is 9.86. The van der Waals surface area contributed by atoms with E-state index in [-0.39, 0.29) is 24.8 Å². The average Bonchev–Trinajstić information content (AvgIpc) is 3.00. The summed E-state index contributed by atoms with van der Waals surface area (Å²) in [5, 5.41) is 14.9. The predicted molar refractivity (Wildman–Crippen MR) is 96.4 cm³/mol. The summed E-state index contributed by atoms with van der Waals surface area (Å²) in [6.07, 6.45) is 9.89. The summed E-state index contributed by atoms with van der Waals surface area (Å²) in [5.74, 6) is 1.06. The van der Waals surface area contributed by atoms with Crippen molar-refractivity contribution in [1.29, 1.82) is 0 Å². The smallest absolute Gasteiger partial charge is 0.183 e. The highest BCUT2D eigenvalue weighted by molar-refractivity contribution is 7.99. The molecular weight excluding hydrogens is 341 g/mol. The lowest BCUT2D eigenvalue weighted by molar-refractivity contribution is 0.116. The van der Waals surface area contributed by atoms with Gasteiger partial charge in [0.15, 0.2) is 5.16 Å². The second kappa shape index (κ2) is 9.98. The summed E-state index contributed by atoms with van der Waals surface area (Å²) < 4.78 is 0. The molecule has 0 unspecified atom stereocenters. The zero-order valence-electron chi connectivity index (χ0n) is 12.8. The van der Waals surface area contributed by atoms with Crippen molar-refractivity contribution in [2.45, 2.75) is 49.7 Å². The molecule has 0 atom stereocenters. The summed E-state index contributed by atoms with van der Waals surface area (Å²) in [6, 6.07) is 0.728. The van der Waals surface area contributed by atoms with E-state index >= 15 is 0 Å². The lowest BCUT2D eigenvalue weighted by Gasteiger charge is -2.43. The lowest BCUT2D eigenvalue weighted by Crippen LogP contribution is -2.43. The van der Waals surface area contributed by atoms with Crippen LogP contribution in [-0.4, -0.2) is 46.6 Å². The monoisotopic (exact) mass is 367 g/mol. The fourth-order valence-corrected chi connectivity index (χ4v) is 4.22. The number of aromatic amines is 1. The van der Waals surface area contributed by atoms with Crippen LogP contribution < -0.4 is 10.6 Å². The maximum Gasteiger partial charge on any atom is 0.183 e. The van der Waals surface area contributed by atoms with Crippen LogP contribution in [0, 0.1) is 5.41 Å². The number of piperidine rings is 1. The number of hydrogen-bond acceptors (Lipinski definition) is 5. The van der Waals surface area contributed by atoms with Crippen LogP contribution in [0.2, 0.25) is 0 Å². The first kappa shape index (κ1) is 20.0. The predicted octanol–water partition coefficient (Wildman–Crippen LogP) is 2.64. The number of aromatic nitrogens is 3. The molecule has 1 aromatic heterocycles. The maximum absolute atomic E-state index is 4.12. The van der Waals surface area contributed by atoms with Crippen molar-refractivity contribution in [3.05, 3.63) is 6.33 Å². The second-order valence-corrected chi connectivity index (χ2v) is 7.20. The molecule has 0 amide bonds. The van der Waals surface area contributed by atoms with Crippen LogP contribution in [-0.2, 0) is 0 Å². The van der Waals surface area contributed by atoms with Crippen LogP contribution in [0.1, 0.15) is 38.5 Å². The van der Waals surface area contributed by atoms with E-state index in [0.717, 1.165) is 23.5 Å². The van der Waals surface area contributed by atoms with Gasteiger partial charge in [-0.3, -0.25) is 5.10 Å². The molecule has 2 heterocycles. The quantitative estimate of drug-likeness (QED) is 0.551. The molecule has 0 bridgehead atoms. The summed E-state index contributed by atoms with van der Waals surface area (Å²) in [5.41, 5.74) is 0.679. The van der Waals surface area contributed by atoms with E-state index in [2.05, 4.69) is 25.8 Å². The van der Waals surface area contributed by atoms with Gasteiger partial charge in [0, 0.05) is 18.3 Å². The molecule has 1 aliphatic carbocycles. The molecule has 2 fully saturated rings. The number of nitrogens with one attached hydrogen (secondary N) is 3. The number of H-pyrrole nitrogens is 1. The standard InChI is InChI=1S/C14H25N5S.2ClH/c1-3-14(5-7-15-8-6-14)4-2-12(1)16-9-10-20-13-17-11-18-19-13;;/h11-12,15-16H,1-10H2,(H,17,18,19);2*1H. The zero-order valence-corrected chi connectivity index (χ0v) is 15.3. The molecular formula is C14H27Cl2N5S. The van der Waals surface area contributed by atoms with Gasteiger partial charge in [-0.1, -0.05) is 11.8 Å². The molecule has 0 radical (unpaired) electrons. The Kier molecular flexibility index (Phi) is 9.09. The molecule has 3 rings (SSSR count). The van der Waals surface area contributed by atoms with Gasteiger partial charge in [-0.15, -0.1) is 24.8 Å². The molecule has 22 heavy (non-hydrogen) atoms. The van der Waals surface area contributed by atoms with E-state index in [9.17, 15) is 0 Å². The van der Waals surface area contributed by atoms with Crippen molar-refractivity contribution < 1.29 is 0 Å². The Morgan fingerprint density at radius 2 is 1.91 bits per heavy atom. The van der Waals surface area contributed by atoms with E-state index in [0.29, 0.717) is 5.41 Å². The minimum atomic E-state index is 0. The van der Waals surface area contributed by atoms with Crippen LogP contribution in [0.15, 0.2) is 11.5 Å². The number of thioether (sulfide) groups is 1. The Bertz CT molecular complexity index is 388. The van der Waals surface area contributed by atoms with E-state index in [1.54, 1.807) is 18.1 Å². The molecule has 128 valence electrons. The Morgan fingerprint density at radius 3 is 2.55 bits per heavy atom. The molecule has 1 aliphatic heterocycles. The Balaban J connectivity index is 0.00000121. The Morgan fingerprint density at radius 1 is 1.18 bits per heavy atom. The molecule has 3 N–H and O–H groups in total. The molecule has 2 aliphatic rings. The van der Waals surface area contributed by atoms with Gasteiger partial charge in [0.1, 0.15) is 6.33 Å². The van der Waals surface area contributed by atoms with Crippen molar-refractivity contribution >= 4 is 36.6 Å². The summed E-state index contributed by atoms with van der Waals surface area (Å²) in [4.78, 5) is 4.12. The van der Waals surface area contributed by atoms with E-state index in [1.807, 2.05) is 0 Å². The van der Waals surface area contributed by atoms with E-state index in [1.165, 1.54) is 51.6 Å². The van der Waals surface area contributed by atoms with E-state index in [4.69, 9.17) is 0 Å². The van der Waals surface area contributed by atoms with Gasteiger partial charge in [0.05, 0.1) is 0 Å². The fraction of sp³-hybridized carbons (Fsp3) is 0.857. The molecule has 0 aromatic carbocycles. The number of nitrogens with zero attached hydrogens (tertiary/aromatic N) is 2. The number of rotatable bonds is 5. The molecule has 8 heteroatoms. The Hall–Kier alpha value is -0.0100. The third kappa shape index (κ3) is 5.57. The normalized spacial score (nSPS) is 21.1. The van der Waals surface area contributed by atoms with Gasteiger partial charge in [-0.05, 0) is 57.0 Å². The van der Waals surface area contributed by atoms with Crippen molar-refractivity contribution in [2.24, 2.45) is 5.41 Å². The Labute approximate surface area is 149 Å². The maximum atomic E-state index is 4.12. The third-order valence-electron chi connectivity index (χ3n) is 4.88. The SMILES string of the molecule is Cl.Cl.c1n[nH]c(SCCNC2CCC3(CCNCC3)CC2)n1. The van der Waals surface area contributed by atoms with Crippen molar-refractivity contribution in [2.75, 3.05) is 25.4 Å². The summed E-state index contributed by atoms with van der Waals surface area (Å²) in [6.45, 7) is 3.52. The zero-order chi connectivity index (χ0) is 13.7. The van der Waals surface area contributed by atoms with Crippen LogP contribution in [0.25, 0.3) is 0 Å². The molecule has 1 saturated carbocycles. The fourth-order valence-electron chi connectivity index (χ4n) is 3.57. The lowest BCUT2D eigenvalue weighted by atomic mass is 9.67. The number of hydrogen-bond donors (Lipinski definition) is 3. The van der Waals surface area contributed by atoms with Gasteiger partial charge in [-0.25, -0.2) is 4.98 Å². The van der Waals surface area contributed by atoms with Crippen molar-refractivity contribution in [3.8, 4) is 0 Å². The van der Waals surface area contributed by atoms with Gasteiger partial charge < -0.3 is 10.6 Å². The molecule has 1 aromatic rings. The minimum absolute atomic E-state index is 0. The molecule has 5 nitrogen and oxygen atoms in total. The first-order valence-corrected chi connectivity index (χ1v) is 8.77. The topological polar surface area (TPSA) is 65.6 Å². The highest BCUT2D eigenvalue weighted by Gasteiger charge is 2.35. The highest BCUT2D eigenvalue weighted by atomic mass is 35.5. The van der Waals surface area contributed by atoms with Crippen molar-refractivity contribution in [1.82, 2.24) is 25.8 Å². The van der Waals surface area contributed by atoms with Crippen LogP contribution in [0.3, 0.4) is 0 Å². The van der Waals surface area contributed by atoms with Gasteiger partial charge >= 0.3 is 0 Å². The van der Waals surface area contributed by atoms with Crippen LogP contribution in [0.5, 0.6) is 0 Å². The minimum Gasteiger partial charge on any atom is -0.317 e. The molecule has 1 spiro atoms. The second-order valence-electron chi connectivity index (χ2n) is 6.12. The average molecular weight is 368 g/mol. The molecule has 1 saturated heterocycles. The first-order valence-electron chi connectivity index (χ1n) is 7.79.